The zero-order valence-corrected chi connectivity index (χ0v) is 18.4. The van der Waals surface area contributed by atoms with Crippen molar-refractivity contribution >= 4 is 35.2 Å². The first-order valence-electron chi connectivity index (χ1n) is 7.16. The van der Waals surface area contributed by atoms with Crippen molar-refractivity contribution in [1.29, 1.82) is 0 Å². The minimum absolute atomic E-state index is 1.48. The standard InChI is InChI=1S/C16H27O3Si4/c1-10-21(7,11-2)17-16(20,18-22(8,12-3)13-4)19-23(9,14-5)15-6/h10-15H,1-6H2,7-9H3. The molecule has 0 unspecified atom stereocenters. The van der Waals surface area contributed by atoms with Crippen LogP contribution >= 0.6 is 0 Å². The molecule has 0 spiro atoms. The van der Waals surface area contributed by atoms with Gasteiger partial charge >= 0.3 is 0 Å². The van der Waals surface area contributed by atoms with Crippen molar-refractivity contribution in [2.45, 2.75) is 25.2 Å². The van der Waals surface area contributed by atoms with Crippen LogP contribution in [-0.2, 0) is 13.3 Å². The molecule has 0 atom stereocenters. The van der Waals surface area contributed by atoms with Crippen LogP contribution in [0.25, 0.3) is 0 Å². The van der Waals surface area contributed by atoms with Gasteiger partial charge in [0.05, 0.1) is 0 Å². The second-order valence-corrected chi connectivity index (χ2v) is 16.4. The molecule has 0 aliphatic rings. The summed E-state index contributed by atoms with van der Waals surface area (Å²) in [7, 11) is -3.79. The topological polar surface area (TPSA) is 27.7 Å². The maximum absolute atomic E-state index is 6.17. The molecule has 7 heteroatoms. The molecule has 0 aromatic rings. The van der Waals surface area contributed by atoms with Gasteiger partial charge in [-0.25, -0.2) is 0 Å². The predicted molar refractivity (Wildman–Crippen MR) is 108 cm³/mol. The molecule has 0 amide bonds. The van der Waals surface area contributed by atoms with Gasteiger partial charge < -0.3 is 13.3 Å². The quantitative estimate of drug-likeness (QED) is 0.380. The van der Waals surface area contributed by atoms with E-state index in [2.05, 4.69) is 49.7 Å². The highest BCUT2D eigenvalue weighted by Gasteiger charge is 2.44. The summed E-state index contributed by atoms with van der Waals surface area (Å²) in [5, 5.41) is 0. The van der Waals surface area contributed by atoms with Crippen LogP contribution in [0.1, 0.15) is 0 Å². The van der Waals surface area contributed by atoms with Crippen molar-refractivity contribution in [3.8, 4) is 0 Å². The molecule has 0 saturated heterocycles. The molecule has 125 valence electrons. The molecule has 0 N–H and O–H groups in total. The number of hydrogen-bond donors (Lipinski definition) is 0. The summed E-state index contributed by atoms with van der Waals surface area (Å²) in [6.07, 6.45) is 0. The van der Waals surface area contributed by atoms with Crippen molar-refractivity contribution in [2.75, 3.05) is 0 Å². The van der Waals surface area contributed by atoms with Crippen LogP contribution in [0.15, 0.2) is 73.7 Å². The lowest BCUT2D eigenvalue weighted by atomic mass is 11.2. The molecule has 0 aromatic carbocycles. The zero-order chi connectivity index (χ0) is 18.4. The Morgan fingerprint density at radius 2 is 0.783 bits per heavy atom. The lowest BCUT2D eigenvalue weighted by Crippen LogP contribution is -2.58. The maximum atomic E-state index is 6.17. The van der Waals surface area contributed by atoms with E-state index in [-0.39, 0.29) is 0 Å². The second-order valence-electron chi connectivity index (χ2n) is 5.64. The van der Waals surface area contributed by atoms with Gasteiger partial charge in [0.2, 0.25) is 30.5 Å². The van der Waals surface area contributed by atoms with E-state index >= 15 is 0 Å². The maximum Gasteiger partial charge on any atom is 0.243 e. The molecule has 3 radical (unpaired) electrons. The molecule has 0 rings (SSSR count). The highest BCUT2D eigenvalue weighted by Crippen LogP contribution is 2.28. The summed E-state index contributed by atoms with van der Waals surface area (Å²) in [6, 6.07) is 0. The average Bonchev–Trinajstić information content (AvgIpc) is 2.53. The van der Waals surface area contributed by atoms with Crippen molar-refractivity contribution in [2.24, 2.45) is 0 Å². The van der Waals surface area contributed by atoms with Gasteiger partial charge in [0.1, 0.15) is 0 Å². The molecule has 0 aromatic heterocycles. The third-order valence-electron chi connectivity index (χ3n) is 3.49. The molecule has 0 aliphatic heterocycles. The molecular weight excluding hydrogens is 353 g/mol. The molecule has 0 saturated carbocycles. The Bertz CT molecular complexity index is 408. The van der Waals surface area contributed by atoms with Crippen LogP contribution in [0, 0.1) is 0 Å². The van der Waals surface area contributed by atoms with Crippen LogP contribution in [0.5, 0.6) is 0 Å². The second kappa shape index (κ2) is 8.33. The number of hydrogen-bond acceptors (Lipinski definition) is 3. The van der Waals surface area contributed by atoms with Gasteiger partial charge in [0, 0.05) is 0 Å². The van der Waals surface area contributed by atoms with Crippen LogP contribution in [0.2, 0.25) is 19.6 Å². The smallest absolute Gasteiger partial charge is 0.243 e. The molecule has 0 heterocycles. The monoisotopic (exact) mass is 379 g/mol. The third kappa shape index (κ3) is 6.30. The summed E-state index contributed by atoms with van der Waals surface area (Å²) in [4.78, 5) is 0. The first-order valence-corrected chi connectivity index (χ1v) is 15.3. The Labute approximate surface area is 147 Å². The Balaban J connectivity index is 5.86. The minimum atomic E-state index is -2.45. The van der Waals surface area contributed by atoms with Crippen molar-refractivity contribution < 1.29 is 13.3 Å². The van der Waals surface area contributed by atoms with Crippen LogP contribution in [0.3, 0.4) is 0 Å². The molecule has 3 nitrogen and oxygen atoms in total. The van der Waals surface area contributed by atoms with E-state index in [4.69, 9.17) is 13.3 Å². The minimum Gasteiger partial charge on any atom is -0.367 e. The lowest BCUT2D eigenvalue weighted by Gasteiger charge is -2.43. The Morgan fingerprint density at radius 3 is 0.913 bits per heavy atom. The Kier molecular flexibility index (Phi) is 8.04. The van der Waals surface area contributed by atoms with Gasteiger partial charge in [-0.3, -0.25) is 0 Å². The fourth-order valence-corrected chi connectivity index (χ4v) is 6.65. The van der Waals surface area contributed by atoms with Gasteiger partial charge in [-0.2, -0.15) is 0 Å². The highest BCUT2D eigenvalue weighted by molar-refractivity contribution is 6.84. The van der Waals surface area contributed by atoms with Crippen molar-refractivity contribution in [3.05, 3.63) is 73.7 Å². The summed E-state index contributed by atoms with van der Waals surface area (Å²) in [5.74, 6) is 0. The summed E-state index contributed by atoms with van der Waals surface area (Å²) < 4.78 is 18.5. The molecule has 0 fully saturated rings. The highest BCUT2D eigenvalue weighted by atomic mass is 28.4. The van der Waals surface area contributed by atoms with Gasteiger partial charge in [-0.05, 0) is 19.6 Å². The van der Waals surface area contributed by atoms with E-state index in [1.54, 1.807) is 34.2 Å². The Morgan fingerprint density at radius 1 is 0.609 bits per heavy atom. The van der Waals surface area contributed by atoms with E-state index in [0.717, 1.165) is 0 Å². The molecular formula is C16H27O3Si4. The van der Waals surface area contributed by atoms with E-state index in [1.165, 1.54) is 0 Å². The average molecular weight is 380 g/mol. The SMILES string of the molecule is C=C[Si](C)(C=C)OC([Si])(O[Si](C)(C=C)C=C)O[Si](C)(C=C)C=C. The van der Waals surface area contributed by atoms with Gasteiger partial charge in [0.25, 0.3) is 0 Å². The fraction of sp³-hybridized carbons (Fsp3) is 0.250. The van der Waals surface area contributed by atoms with E-state index in [0.29, 0.717) is 0 Å². The van der Waals surface area contributed by atoms with E-state index < -0.39 is 30.5 Å². The largest absolute Gasteiger partial charge is 0.367 e. The predicted octanol–water partition coefficient (Wildman–Crippen LogP) is 3.89. The normalized spacial score (nSPS) is 13.0. The van der Waals surface area contributed by atoms with Gasteiger partial charge in [-0.15, -0.1) is 39.5 Å². The summed E-state index contributed by atoms with van der Waals surface area (Å²) >= 11 is 0. The van der Waals surface area contributed by atoms with E-state index in [9.17, 15) is 0 Å². The number of rotatable bonds is 12. The first-order chi connectivity index (χ1) is 10.5. The molecule has 0 aliphatic carbocycles. The van der Waals surface area contributed by atoms with Gasteiger partial charge in [0.15, 0.2) is 10.2 Å². The first kappa shape index (κ1) is 22.2. The molecule has 0 bridgehead atoms. The van der Waals surface area contributed by atoms with Crippen LogP contribution < -0.4 is 0 Å². The molecule has 23 heavy (non-hydrogen) atoms. The summed E-state index contributed by atoms with van der Waals surface area (Å²) in [6.45, 7) is 28.8. The fourth-order valence-electron chi connectivity index (χ4n) is 1.43. The third-order valence-corrected chi connectivity index (χ3v) is 11.4. The van der Waals surface area contributed by atoms with Crippen LogP contribution in [-0.4, -0.2) is 40.8 Å². The summed E-state index contributed by atoms with van der Waals surface area (Å²) in [5.41, 5.74) is 9.04. The van der Waals surface area contributed by atoms with Crippen molar-refractivity contribution in [3.63, 3.8) is 0 Å². The van der Waals surface area contributed by atoms with E-state index in [1.807, 2.05) is 19.6 Å². The van der Waals surface area contributed by atoms with Crippen LogP contribution in [0.4, 0.5) is 0 Å². The lowest BCUT2D eigenvalue weighted by molar-refractivity contribution is -0.197. The zero-order valence-electron chi connectivity index (χ0n) is 14.4. The Hall–Kier alpha value is -0.812. The van der Waals surface area contributed by atoms with Crippen molar-refractivity contribution in [1.82, 2.24) is 0 Å². The van der Waals surface area contributed by atoms with Gasteiger partial charge in [-0.1, -0.05) is 34.2 Å².